The molecule has 25 heavy (non-hydrogen) atoms. The van der Waals surface area contributed by atoms with Gasteiger partial charge < -0.3 is 4.74 Å². The Labute approximate surface area is 152 Å². The summed E-state index contributed by atoms with van der Waals surface area (Å²) in [5.41, 5.74) is 2.24. The number of aromatic nitrogens is 2. The summed E-state index contributed by atoms with van der Waals surface area (Å²) in [6.45, 7) is 11.3. The molecule has 2 aromatic rings. The number of nitrogens with zero attached hydrogens (tertiary/aromatic N) is 3. The first-order valence-electron chi connectivity index (χ1n) is 9.66. The van der Waals surface area contributed by atoms with Crippen LogP contribution in [0.15, 0.2) is 36.4 Å². The number of ether oxygens (including phenoxy) is 1. The zero-order chi connectivity index (χ0) is 17.9. The first-order chi connectivity index (χ1) is 12.2. The van der Waals surface area contributed by atoms with Crippen molar-refractivity contribution in [2.45, 2.75) is 53.0 Å². The molecule has 1 aromatic carbocycles. The van der Waals surface area contributed by atoms with Gasteiger partial charge in [0, 0.05) is 12.6 Å². The maximum atomic E-state index is 6.08. The highest BCUT2D eigenvalue weighted by atomic mass is 16.5. The van der Waals surface area contributed by atoms with Crippen LogP contribution in [0.25, 0.3) is 0 Å². The molecule has 1 aromatic heterocycles. The first kappa shape index (κ1) is 19.5. The first-order valence-corrected chi connectivity index (χ1v) is 9.66. The SMILES string of the molecule is CCCCN(CCCC)CCOc1cc(C)nn1Cc1ccccc1. The van der Waals surface area contributed by atoms with Gasteiger partial charge in [0.05, 0.1) is 12.2 Å². The van der Waals surface area contributed by atoms with Gasteiger partial charge in [0.2, 0.25) is 5.88 Å². The Morgan fingerprint density at radius 3 is 2.32 bits per heavy atom. The second-order valence-electron chi connectivity index (χ2n) is 6.66. The normalized spacial score (nSPS) is 11.2. The molecule has 2 rings (SSSR count). The summed E-state index contributed by atoms with van der Waals surface area (Å²) < 4.78 is 8.04. The van der Waals surface area contributed by atoms with Gasteiger partial charge in [0.25, 0.3) is 0 Å². The van der Waals surface area contributed by atoms with Crippen molar-refractivity contribution in [3.63, 3.8) is 0 Å². The molecule has 4 heteroatoms. The van der Waals surface area contributed by atoms with Gasteiger partial charge in [-0.2, -0.15) is 5.10 Å². The van der Waals surface area contributed by atoms with Gasteiger partial charge >= 0.3 is 0 Å². The minimum Gasteiger partial charge on any atom is -0.476 e. The van der Waals surface area contributed by atoms with E-state index in [1.807, 2.05) is 23.7 Å². The number of unbranched alkanes of at least 4 members (excludes halogenated alkanes) is 2. The molecular weight excluding hydrogens is 310 g/mol. The average molecular weight is 344 g/mol. The second kappa shape index (κ2) is 10.9. The molecule has 0 aliphatic rings. The van der Waals surface area contributed by atoms with Crippen LogP contribution in [0.5, 0.6) is 5.88 Å². The Balaban J connectivity index is 1.88. The molecule has 0 aliphatic carbocycles. The van der Waals surface area contributed by atoms with Crippen molar-refractivity contribution in [2.24, 2.45) is 0 Å². The molecule has 0 bridgehead atoms. The largest absolute Gasteiger partial charge is 0.476 e. The maximum absolute atomic E-state index is 6.08. The van der Waals surface area contributed by atoms with Gasteiger partial charge in [-0.3, -0.25) is 4.90 Å². The Morgan fingerprint density at radius 1 is 1.00 bits per heavy atom. The Kier molecular flexibility index (Phi) is 8.53. The van der Waals surface area contributed by atoms with Gasteiger partial charge in [-0.1, -0.05) is 57.0 Å². The molecule has 0 saturated carbocycles. The summed E-state index contributed by atoms with van der Waals surface area (Å²) in [4.78, 5) is 2.53. The minimum absolute atomic E-state index is 0.716. The van der Waals surface area contributed by atoms with Crippen LogP contribution in [0.4, 0.5) is 0 Å². The van der Waals surface area contributed by atoms with Crippen LogP contribution < -0.4 is 4.74 Å². The van der Waals surface area contributed by atoms with E-state index in [1.54, 1.807) is 0 Å². The van der Waals surface area contributed by atoms with Crippen LogP contribution in [0.2, 0.25) is 0 Å². The van der Waals surface area contributed by atoms with E-state index in [1.165, 1.54) is 44.3 Å². The van der Waals surface area contributed by atoms with Crippen molar-refractivity contribution in [2.75, 3.05) is 26.2 Å². The van der Waals surface area contributed by atoms with Gasteiger partial charge in [-0.05, 0) is 38.4 Å². The number of benzene rings is 1. The lowest BCUT2D eigenvalue weighted by Crippen LogP contribution is -2.30. The average Bonchev–Trinajstić information content (AvgIpc) is 2.97. The summed E-state index contributed by atoms with van der Waals surface area (Å²) in [5.74, 6) is 0.868. The highest BCUT2D eigenvalue weighted by Crippen LogP contribution is 2.15. The van der Waals surface area contributed by atoms with E-state index in [4.69, 9.17) is 4.74 Å². The monoisotopic (exact) mass is 343 g/mol. The Hall–Kier alpha value is -1.81. The molecule has 138 valence electrons. The van der Waals surface area contributed by atoms with Gasteiger partial charge in [-0.15, -0.1) is 0 Å². The van der Waals surface area contributed by atoms with E-state index in [0.717, 1.165) is 24.7 Å². The zero-order valence-electron chi connectivity index (χ0n) is 16.1. The van der Waals surface area contributed by atoms with Gasteiger partial charge in [-0.25, -0.2) is 4.68 Å². The number of hydrogen-bond acceptors (Lipinski definition) is 3. The number of rotatable bonds is 12. The third-order valence-electron chi connectivity index (χ3n) is 4.35. The predicted octanol–water partition coefficient (Wildman–Crippen LogP) is 4.52. The number of hydrogen-bond donors (Lipinski definition) is 0. The zero-order valence-corrected chi connectivity index (χ0v) is 16.1. The van der Waals surface area contributed by atoms with E-state index in [2.05, 4.69) is 48.1 Å². The summed E-state index contributed by atoms with van der Waals surface area (Å²) in [6, 6.07) is 12.4. The van der Waals surface area contributed by atoms with Crippen LogP contribution in [-0.2, 0) is 6.54 Å². The second-order valence-corrected chi connectivity index (χ2v) is 6.66. The van der Waals surface area contributed by atoms with Crippen molar-refractivity contribution >= 4 is 0 Å². The van der Waals surface area contributed by atoms with Gasteiger partial charge in [0.1, 0.15) is 6.61 Å². The van der Waals surface area contributed by atoms with Crippen molar-refractivity contribution in [1.82, 2.24) is 14.7 Å². The molecule has 0 atom stereocenters. The van der Waals surface area contributed by atoms with Crippen LogP contribution in [0, 0.1) is 6.92 Å². The van der Waals surface area contributed by atoms with Crippen LogP contribution >= 0.6 is 0 Å². The van der Waals surface area contributed by atoms with Crippen molar-refractivity contribution in [1.29, 1.82) is 0 Å². The molecule has 0 spiro atoms. The molecule has 0 fully saturated rings. The van der Waals surface area contributed by atoms with E-state index in [9.17, 15) is 0 Å². The molecule has 0 unspecified atom stereocenters. The molecular formula is C21H33N3O. The van der Waals surface area contributed by atoms with Gasteiger partial charge in [0.15, 0.2) is 0 Å². The fraction of sp³-hybridized carbons (Fsp3) is 0.571. The highest BCUT2D eigenvalue weighted by molar-refractivity contribution is 5.20. The van der Waals surface area contributed by atoms with Crippen LogP contribution in [0.1, 0.15) is 50.8 Å². The quantitative estimate of drug-likeness (QED) is 0.567. The lowest BCUT2D eigenvalue weighted by atomic mass is 10.2. The molecule has 1 heterocycles. The lowest BCUT2D eigenvalue weighted by Gasteiger charge is -2.22. The smallest absolute Gasteiger partial charge is 0.212 e. The fourth-order valence-electron chi connectivity index (χ4n) is 2.89. The Morgan fingerprint density at radius 2 is 1.68 bits per heavy atom. The molecule has 0 amide bonds. The van der Waals surface area contributed by atoms with E-state index >= 15 is 0 Å². The molecule has 0 N–H and O–H groups in total. The van der Waals surface area contributed by atoms with Crippen LogP contribution in [-0.4, -0.2) is 40.9 Å². The fourth-order valence-corrected chi connectivity index (χ4v) is 2.89. The van der Waals surface area contributed by atoms with E-state index in [-0.39, 0.29) is 0 Å². The third kappa shape index (κ3) is 6.91. The van der Waals surface area contributed by atoms with Crippen molar-refractivity contribution < 1.29 is 4.74 Å². The lowest BCUT2D eigenvalue weighted by molar-refractivity contribution is 0.195. The third-order valence-corrected chi connectivity index (χ3v) is 4.35. The number of aryl methyl sites for hydroxylation is 1. The summed E-state index contributed by atoms with van der Waals surface area (Å²) in [7, 11) is 0. The van der Waals surface area contributed by atoms with E-state index in [0.29, 0.717) is 6.61 Å². The molecule has 4 nitrogen and oxygen atoms in total. The standard InChI is InChI=1S/C21H33N3O/c1-4-6-13-23(14-7-5-2)15-16-25-21-17-19(3)22-24(21)18-20-11-9-8-10-12-20/h8-12,17H,4-7,13-16,18H2,1-3H3. The maximum Gasteiger partial charge on any atom is 0.212 e. The molecule has 0 aliphatic heterocycles. The minimum atomic E-state index is 0.716. The van der Waals surface area contributed by atoms with E-state index < -0.39 is 0 Å². The van der Waals surface area contributed by atoms with Crippen molar-refractivity contribution in [3.05, 3.63) is 47.7 Å². The van der Waals surface area contributed by atoms with Crippen LogP contribution in [0.3, 0.4) is 0 Å². The predicted molar refractivity (Wildman–Crippen MR) is 104 cm³/mol. The summed E-state index contributed by atoms with van der Waals surface area (Å²) in [5, 5.41) is 4.58. The molecule has 0 radical (unpaired) electrons. The summed E-state index contributed by atoms with van der Waals surface area (Å²) >= 11 is 0. The topological polar surface area (TPSA) is 30.3 Å². The van der Waals surface area contributed by atoms with Crippen molar-refractivity contribution in [3.8, 4) is 5.88 Å². The molecule has 0 saturated heterocycles. The highest BCUT2D eigenvalue weighted by Gasteiger charge is 2.09. The summed E-state index contributed by atoms with van der Waals surface area (Å²) in [6.07, 6.45) is 5.00. The Bertz CT molecular complexity index is 586.